The normalized spacial score (nSPS) is 20.7. The molecule has 1 aliphatic rings. The van der Waals surface area contributed by atoms with Gasteiger partial charge in [0.1, 0.15) is 0 Å². The molecular weight excluding hydrogens is 378 g/mol. The molecule has 18 heavy (non-hydrogen) atoms. The summed E-state index contributed by atoms with van der Waals surface area (Å²) >= 11 is 15.5. The Morgan fingerprint density at radius 3 is 2.33 bits per heavy atom. The molecule has 0 fully saturated rings. The molecule has 1 aliphatic carbocycles. The lowest BCUT2D eigenvalue weighted by molar-refractivity contribution is 0.669. The van der Waals surface area contributed by atoms with Crippen LogP contribution in [0.25, 0.3) is 0 Å². The summed E-state index contributed by atoms with van der Waals surface area (Å²) in [4.78, 5) is 0. The lowest BCUT2D eigenvalue weighted by Gasteiger charge is -2.23. The Balaban J connectivity index is 2.04. The molecule has 0 bridgehead atoms. The highest BCUT2D eigenvalue weighted by Gasteiger charge is 2.44. The standard InChI is InChI=1S/C15H11Cl2I/c16-15(17)13-4-2-1-3-11(13)9-14(15)10-5-7-12(18)8-6-10/h1-8,14H,9H2. The SMILES string of the molecule is ClC1(Cl)c2ccccc2CC1c1ccc(I)cc1. The number of rotatable bonds is 1. The molecule has 0 radical (unpaired) electrons. The average molecular weight is 389 g/mol. The van der Waals surface area contributed by atoms with E-state index in [0.29, 0.717) is 0 Å². The van der Waals surface area contributed by atoms with Crippen LogP contribution in [0.1, 0.15) is 22.6 Å². The van der Waals surface area contributed by atoms with E-state index in [9.17, 15) is 0 Å². The van der Waals surface area contributed by atoms with Crippen molar-refractivity contribution in [2.75, 3.05) is 0 Å². The van der Waals surface area contributed by atoms with Crippen LogP contribution >= 0.6 is 45.8 Å². The molecule has 0 heterocycles. The Morgan fingerprint density at radius 1 is 1.00 bits per heavy atom. The van der Waals surface area contributed by atoms with Crippen LogP contribution in [0.2, 0.25) is 0 Å². The third kappa shape index (κ3) is 2.06. The van der Waals surface area contributed by atoms with Crippen LogP contribution in [0.4, 0.5) is 0 Å². The van der Waals surface area contributed by atoms with E-state index in [1.54, 1.807) is 0 Å². The summed E-state index contributed by atoms with van der Waals surface area (Å²) < 4.78 is 0.408. The molecule has 0 amide bonds. The molecule has 0 aliphatic heterocycles. The number of benzene rings is 2. The van der Waals surface area contributed by atoms with E-state index in [-0.39, 0.29) is 5.92 Å². The molecule has 3 rings (SSSR count). The molecule has 1 atom stereocenters. The van der Waals surface area contributed by atoms with E-state index >= 15 is 0 Å². The first kappa shape index (κ1) is 12.8. The molecule has 0 aromatic heterocycles. The highest BCUT2D eigenvalue weighted by Crippen LogP contribution is 2.54. The van der Waals surface area contributed by atoms with Crippen LogP contribution in [0, 0.1) is 3.57 Å². The number of hydrogen-bond acceptors (Lipinski definition) is 0. The van der Waals surface area contributed by atoms with E-state index in [1.165, 1.54) is 14.7 Å². The van der Waals surface area contributed by atoms with E-state index in [1.807, 2.05) is 18.2 Å². The minimum atomic E-state index is -0.816. The van der Waals surface area contributed by atoms with Crippen LogP contribution in [0.5, 0.6) is 0 Å². The first-order valence-corrected chi connectivity index (χ1v) is 7.64. The largest absolute Gasteiger partial charge is 0.150 e. The zero-order valence-electron chi connectivity index (χ0n) is 9.54. The van der Waals surface area contributed by atoms with E-state index in [4.69, 9.17) is 23.2 Å². The van der Waals surface area contributed by atoms with Crippen LogP contribution in [-0.4, -0.2) is 0 Å². The van der Waals surface area contributed by atoms with Crippen molar-refractivity contribution in [3.05, 3.63) is 68.8 Å². The second kappa shape index (κ2) is 4.69. The number of halogens is 3. The quantitative estimate of drug-likeness (QED) is 0.461. The molecule has 1 unspecified atom stereocenters. The summed E-state index contributed by atoms with van der Waals surface area (Å²) in [5.74, 6) is 0.134. The molecule has 92 valence electrons. The maximum Gasteiger partial charge on any atom is 0.150 e. The van der Waals surface area contributed by atoms with Gasteiger partial charge in [-0.25, -0.2) is 0 Å². The van der Waals surface area contributed by atoms with E-state index < -0.39 is 4.33 Å². The van der Waals surface area contributed by atoms with Crippen molar-refractivity contribution in [2.24, 2.45) is 0 Å². The monoisotopic (exact) mass is 388 g/mol. The number of fused-ring (bicyclic) bond motifs is 1. The predicted molar refractivity (Wildman–Crippen MR) is 85.4 cm³/mol. The minimum Gasteiger partial charge on any atom is -0.0956 e. The molecule has 0 saturated carbocycles. The van der Waals surface area contributed by atoms with Crippen molar-refractivity contribution in [2.45, 2.75) is 16.7 Å². The molecule has 2 aromatic carbocycles. The van der Waals surface area contributed by atoms with Gasteiger partial charge in [0.2, 0.25) is 0 Å². The van der Waals surface area contributed by atoms with Crippen molar-refractivity contribution >= 4 is 45.8 Å². The van der Waals surface area contributed by atoms with Crippen molar-refractivity contribution in [3.8, 4) is 0 Å². The van der Waals surface area contributed by atoms with Crippen LogP contribution in [0.3, 0.4) is 0 Å². The van der Waals surface area contributed by atoms with Gasteiger partial charge in [0.25, 0.3) is 0 Å². The summed E-state index contributed by atoms with van der Waals surface area (Å²) in [5.41, 5.74) is 3.51. The lowest BCUT2D eigenvalue weighted by Crippen LogP contribution is -2.16. The third-order valence-electron chi connectivity index (χ3n) is 3.51. The topological polar surface area (TPSA) is 0 Å². The fourth-order valence-corrected chi connectivity index (χ4v) is 3.72. The van der Waals surface area contributed by atoms with Gasteiger partial charge in [-0.1, -0.05) is 59.6 Å². The lowest BCUT2D eigenvalue weighted by atomic mass is 9.95. The van der Waals surface area contributed by atoms with Crippen molar-refractivity contribution < 1.29 is 0 Å². The first-order chi connectivity index (χ1) is 8.59. The third-order valence-corrected chi connectivity index (χ3v) is 5.16. The van der Waals surface area contributed by atoms with Gasteiger partial charge in [-0.3, -0.25) is 0 Å². The maximum atomic E-state index is 6.60. The Labute approximate surface area is 130 Å². The van der Waals surface area contributed by atoms with Gasteiger partial charge in [0, 0.05) is 9.49 Å². The summed E-state index contributed by atoms with van der Waals surface area (Å²) in [6.45, 7) is 0. The summed E-state index contributed by atoms with van der Waals surface area (Å²) in [5, 5.41) is 0. The first-order valence-electron chi connectivity index (χ1n) is 5.80. The van der Waals surface area contributed by atoms with Crippen LogP contribution in [-0.2, 0) is 10.8 Å². The predicted octanol–water partition coefficient (Wildman–Crippen LogP) is 5.26. The van der Waals surface area contributed by atoms with Gasteiger partial charge in [0.05, 0.1) is 0 Å². The van der Waals surface area contributed by atoms with E-state index in [2.05, 4.69) is 52.9 Å². The molecule has 0 N–H and O–H groups in total. The van der Waals surface area contributed by atoms with Gasteiger partial charge in [-0.15, -0.1) is 0 Å². The Hall–Kier alpha value is -0.250. The maximum absolute atomic E-state index is 6.60. The number of hydrogen-bond donors (Lipinski definition) is 0. The van der Waals surface area contributed by atoms with Gasteiger partial charge in [-0.05, 0) is 57.8 Å². The van der Waals surface area contributed by atoms with Crippen molar-refractivity contribution in [1.82, 2.24) is 0 Å². The van der Waals surface area contributed by atoms with Gasteiger partial charge in [0.15, 0.2) is 4.33 Å². The molecule has 2 aromatic rings. The molecule has 0 spiro atoms. The Bertz CT molecular complexity index is 575. The van der Waals surface area contributed by atoms with Crippen molar-refractivity contribution in [1.29, 1.82) is 0 Å². The molecular formula is C15H11Cl2I. The summed E-state index contributed by atoms with van der Waals surface area (Å²) in [6.07, 6.45) is 0.907. The van der Waals surface area contributed by atoms with Crippen molar-refractivity contribution in [3.63, 3.8) is 0 Å². The zero-order chi connectivity index (χ0) is 12.8. The van der Waals surface area contributed by atoms with Gasteiger partial charge in [-0.2, -0.15) is 0 Å². The highest BCUT2D eigenvalue weighted by atomic mass is 127. The second-order valence-corrected chi connectivity index (χ2v) is 7.22. The van der Waals surface area contributed by atoms with Gasteiger partial charge < -0.3 is 0 Å². The average Bonchev–Trinajstić information content (AvgIpc) is 2.63. The molecule has 0 saturated heterocycles. The van der Waals surface area contributed by atoms with Gasteiger partial charge >= 0.3 is 0 Å². The summed E-state index contributed by atoms with van der Waals surface area (Å²) in [6, 6.07) is 16.6. The molecule has 0 nitrogen and oxygen atoms in total. The minimum absolute atomic E-state index is 0.134. The Kier molecular flexibility index (Phi) is 3.33. The fourth-order valence-electron chi connectivity index (χ4n) is 2.58. The van der Waals surface area contributed by atoms with E-state index in [0.717, 1.165) is 12.0 Å². The zero-order valence-corrected chi connectivity index (χ0v) is 13.2. The van der Waals surface area contributed by atoms with Crippen LogP contribution < -0.4 is 0 Å². The number of alkyl halides is 2. The second-order valence-electron chi connectivity index (χ2n) is 4.59. The fraction of sp³-hybridized carbons (Fsp3) is 0.200. The molecule has 3 heteroatoms. The Morgan fingerprint density at radius 2 is 1.67 bits per heavy atom. The summed E-state index contributed by atoms with van der Waals surface area (Å²) in [7, 11) is 0. The smallest absolute Gasteiger partial charge is 0.0956 e. The highest BCUT2D eigenvalue weighted by molar-refractivity contribution is 14.1. The van der Waals surface area contributed by atoms with Crippen LogP contribution in [0.15, 0.2) is 48.5 Å².